The second-order valence-corrected chi connectivity index (χ2v) is 7.51. The maximum Gasteiger partial charge on any atom is 0.266 e. The first-order chi connectivity index (χ1) is 15.3. The van der Waals surface area contributed by atoms with Gasteiger partial charge in [0.25, 0.3) is 5.92 Å². The predicted molar refractivity (Wildman–Crippen MR) is 110 cm³/mol. The fraction of sp³-hybridized carbons (Fsp3) is 0.333. The SMILES string of the molecule is COc1ccc(Cn2ncc(NC(=O)Cc3ccc(N4CCC(F)(F)C4)nc3)n2)cc1F. The summed E-state index contributed by atoms with van der Waals surface area (Å²) >= 11 is 0. The lowest BCUT2D eigenvalue weighted by Crippen LogP contribution is -2.25. The van der Waals surface area contributed by atoms with E-state index in [-0.39, 0.29) is 50.0 Å². The molecule has 2 aromatic heterocycles. The molecular weight excluding hydrogens is 425 g/mol. The number of anilines is 2. The molecule has 8 nitrogen and oxygen atoms in total. The molecule has 0 atom stereocenters. The third-order valence-corrected chi connectivity index (χ3v) is 5.01. The van der Waals surface area contributed by atoms with E-state index < -0.39 is 11.7 Å². The first kappa shape index (κ1) is 21.6. The number of pyridine rings is 1. The highest BCUT2D eigenvalue weighted by Crippen LogP contribution is 2.29. The van der Waals surface area contributed by atoms with Crippen LogP contribution in [-0.4, -0.2) is 52.0 Å². The number of nitrogens with zero attached hydrogens (tertiary/aromatic N) is 5. The number of ether oxygens (including phenoxy) is 1. The molecule has 3 aromatic rings. The Morgan fingerprint density at radius 3 is 2.69 bits per heavy atom. The molecule has 0 bridgehead atoms. The maximum absolute atomic E-state index is 13.8. The molecule has 1 aliphatic heterocycles. The number of hydrogen-bond acceptors (Lipinski definition) is 6. The van der Waals surface area contributed by atoms with Crippen molar-refractivity contribution in [1.29, 1.82) is 0 Å². The number of aromatic nitrogens is 4. The molecule has 1 amide bonds. The minimum atomic E-state index is -2.70. The molecule has 1 fully saturated rings. The molecule has 0 saturated carbocycles. The van der Waals surface area contributed by atoms with Gasteiger partial charge < -0.3 is 15.0 Å². The summed E-state index contributed by atoms with van der Waals surface area (Å²) in [6.45, 7) is 0.120. The number of nitrogens with one attached hydrogen (secondary N) is 1. The van der Waals surface area contributed by atoms with Crippen molar-refractivity contribution in [2.75, 3.05) is 30.4 Å². The van der Waals surface area contributed by atoms with Crippen LogP contribution in [0.2, 0.25) is 0 Å². The van der Waals surface area contributed by atoms with Gasteiger partial charge >= 0.3 is 0 Å². The first-order valence-corrected chi connectivity index (χ1v) is 9.91. The summed E-state index contributed by atoms with van der Waals surface area (Å²) in [4.78, 5) is 19.4. The summed E-state index contributed by atoms with van der Waals surface area (Å²) in [7, 11) is 1.39. The normalized spacial score (nSPS) is 15.1. The van der Waals surface area contributed by atoms with E-state index in [1.165, 1.54) is 41.3 Å². The van der Waals surface area contributed by atoms with Gasteiger partial charge in [-0.15, -0.1) is 5.10 Å². The summed E-state index contributed by atoms with van der Waals surface area (Å²) in [6, 6.07) is 7.87. The van der Waals surface area contributed by atoms with Crippen LogP contribution in [0.5, 0.6) is 5.75 Å². The predicted octanol–water partition coefficient (Wildman–Crippen LogP) is 2.90. The van der Waals surface area contributed by atoms with Crippen molar-refractivity contribution in [1.82, 2.24) is 20.0 Å². The molecule has 4 rings (SSSR count). The van der Waals surface area contributed by atoms with Crippen molar-refractivity contribution >= 4 is 17.5 Å². The zero-order valence-electron chi connectivity index (χ0n) is 17.3. The highest BCUT2D eigenvalue weighted by molar-refractivity contribution is 5.91. The molecule has 0 aliphatic carbocycles. The molecule has 1 aliphatic rings. The van der Waals surface area contributed by atoms with Crippen molar-refractivity contribution in [2.24, 2.45) is 0 Å². The van der Waals surface area contributed by atoms with E-state index in [1.54, 1.807) is 18.2 Å². The van der Waals surface area contributed by atoms with Gasteiger partial charge in [-0.2, -0.15) is 9.90 Å². The van der Waals surface area contributed by atoms with Gasteiger partial charge in [-0.05, 0) is 29.3 Å². The zero-order valence-corrected chi connectivity index (χ0v) is 17.3. The average Bonchev–Trinajstić information content (AvgIpc) is 3.34. The summed E-state index contributed by atoms with van der Waals surface area (Å²) in [5, 5.41) is 10.9. The van der Waals surface area contributed by atoms with Gasteiger partial charge in [0.1, 0.15) is 5.82 Å². The van der Waals surface area contributed by atoms with Gasteiger partial charge in [-0.3, -0.25) is 4.79 Å². The number of carbonyl (C=O) groups is 1. The molecule has 168 valence electrons. The van der Waals surface area contributed by atoms with Crippen LogP contribution < -0.4 is 15.0 Å². The second-order valence-electron chi connectivity index (χ2n) is 7.51. The Morgan fingerprint density at radius 2 is 2.03 bits per heavy atom. The number of amides is 1. The van der Waals surface area contributed by atoms with E-state index in [2.05, 4.69) is 20.5 Å². The first-order valence-electron chi connectivity index (χ1n) is 9.91. The van der Waals surface area contributed by atoms with Crippen LogP contribution in [0.15, 0.2) is 42.7 Å². The van der Waals surface area contributed by atoms with E-state index in [0.29, 0.717) is 16.9 Å². The van der Waals surface area contributed by atoms with Crippen molar-refractivity contribution < 1.29 is 22.7 Å². The Kier molecular flexibility index (Phi) is 5.97. The molecule has 1 saturated heterocycles. The van der Waals surface area contributed by atoms with Crippen LogP contribution in [0.3, 0.4) is 0 Å². The van der Waals surface area contributed by atoms with Gasteiger partial charge in [-0.25, -0.2) is 18.2 Å². The highest BCUT2D eigenvalue weighted by Gasteiger charge is 2.38. The second kappa shape index (κ2) is 8.85. The summed E-state index contributed by atoms with van der Waals surface area (Å²) in [6.07, 6.45) is 2.75. The zero-order chi connectivity index (χ0) is 22.7. The van der Waals surface area contributed by atoms with Crippen LogP contribution in [-0.2, 0) is 17.8 Å². The van der Waals surface area contributed by atoms with Gasteiger partial charge in [0.05, 0.1) is 32.8 Å². The Balaban J connectivity index is 1.31. The summed E-state index contributed by atoms with van der Waals surface area (Å²) < 4.78 is 45.4. The molecule has 0 unspecified atom stereocenters. The van der Waals surface area contributed by atoms with Crippen LogP contribution in [0.1, 0.15) is 17.5 Å². The Morgan fingerprint density at radius 1 is 1.22 bits per heavy atom. The molecule has 32 heavy (non-hydrogen) atoms. The van der Waals surface area contributed by atoms with E-state index in [9.17, 15) is 18.0 Å². The molecule has 11 heteroatoms. The lowest BCUT2D eigenvalue weighted by atomic mass is 10.2. The number of alkyl halides is 2. The van der Waals surface area contributed by atoms with Crippen LogP contribution >= 0.6 is 0 Å². The third-order valence-electron chi connectivity index (χ3n) is 5.01. The number of halogens is 3. The summed E-state index contributed by atoms with van der Waals surface area (Å²) in [5.41, 5.74) is 1.28. The molecular formula is C21H21F3N6O2. The number of carbonyl (C=O) groups excluding carboxylic acids is 1. The van der Waals surface area contributed by atoms with Crippen molar-refractivity contribution in [3.63, 3.8) is 0 Å². The van der Waals surface area contributed by atoms with Crippen molar-refractivity contribution in [3.8, 4) is 5.75 Å². The number of benzene rings is 1. The largest absolute Gasteiger partial charge is 0.494 e. The van der Waals surface area contributed by atoms with E-state index in [1.807, 2.05) is 0 Å². The topological polar surface area (TPSA) is 85.2 Å². The third kappa shape index (κ3) is 5.16. The van der Waals surface area contributed by atoms with Crippen molar-refractivity contribution in [2.45, 2.75) is 25.3 Å². The van der Waals surface area contributed by atoms with Crippen LogP contribution in [0, 0.1) is 5.82 Å². The monoisotopic (exact) mass is 446 g/mol. The average molecular weight is 446 g/mol. The summed E-state index contributed by atoms with van der Waals surface area (Å²) in [5.74, 6) is -2.63. The molecule has 0 radical (unpaired) electrons. The van der Waals surface area contributed by atoms with E-state index in [0.717, 1.165) is 0 Å². The number of rotatable bonds is 7. The minimum absolute atomic E-state index is 0.0417. The van der Waals surface area contributed by atoms with E-state index >= 15 is 0 Å². The molecule has 1 aromatic carbocycles. The van der Waals surface area contributed by atoms with Gasteiger partial charge in [0.15, 0.2) is 17.4 Å². The molecule has 3 heterocycles. The Bertz CT molecular complexity index is 1100. The highest BCUT2D eigenvalue weighted by atomic mass is 19.3. The Hall–Kier alpha value is -3.63. The smallest absolute Gasteiger partial charge is 0.266 e. The number of hydrogen-bond donors (Lipinski definition) is 1. The van der Waals surface area contributed by atoms with Gasteiger partial charge in [-0.1, -0.05) is 12.1 Å². The number of methoxy groups -OCH3 is 1. The van der Waals surface area contributed by atoms with E-state index in [4.69, 9.17) is 4.74 Å². The fourth-order valence-electron chi connectivity index (χ4n) is 3.41. The van der Waals surface area contributed by atoms with Crippen molar-refractivity contribution in [3.05, 3.63) is 59.7 Å². The van der Waals surface area contributed by atoms with Crippen LogP contribution in [0.4, 0.5) is 24.8 Å². The van der Waals surface area contributed by atoms with Gasteiger partial charge in [0, 0.05) is 19.2 Å². The Labute approximate surface area is 182 Å². The fourth-order valence-corrected chi connectivity index (χ4v) is 3.41. The lowest BCUT2D eigenvalue weighted by molar-refractivity contribution is -0.115. The lowest BCUT2D eigenvalue weighted by Gasteiger charge is -2.17. The van der Waals surface area contributed by atoms with Gasteiger partial charge in [0.2, 0.25) is 5.91 Å². The van der Waals surface area contributed by atoms with Crippen LogP contribution in [0.25, 0.3) is 0 Å². The molecule has 1 N–H and O–H groups in total. The molecule has 0 spiro atoms. The maximum atomic E-state index is 13.8. The quantitative estimate of drug-likeness (QED) is 0.601. The standard InChI is InChI=1S/C21H21F3N6O2/c1-32-17-4-2-15(8-16(17)22)12-30-26-11-18(28-30)27-20(31)9-14-3-5-19(25-10-14)29-7-6-21(23,24)13-29/h2-5,8,10-11H,6-7,9,12-13H2,1H3,(H,27,28,31). The minimum Gasteiger partial charge on any atom is -0.494 e.